The number of carboxylic acid groups (broad SMARTS) is 2. The zero-order chi connectivity index (χ0) is 52.5. The van der Waals surface area contributed by atoms with Gasteiger partial charge in [-0.25, -0.2) is 49.6 Å². The summed E-state index contributed by atoms with van der Waals surface area (Å²) in [6, 6.07) is 10.7. The highest BCUT2D eigenvalue weighted by molar-refractivity contribution is 7.90. The number of carboxylic acids is 2. The van der Waals surface area contributed by atoms with Gasteiger partial charge in [-0.1, -0.05) is 78.5 Å². The number of halogens is 4. The maximum absolute atomic E-state index is 12.5. The molecule has 6 aromatic rings. The minimum atomic E-state index is -4.38. The number of sulfonamides is 3. The Morgan fingerprint density at radius 3 is 1.27 bits per heavy atom. The lowest BCUT2D eigenvalue weighted by Crippen LogP contribution is -2.42. The first-order valence-corrected chi connectivity index (χ1v) is 26.2. The second-order valence-electron chi connectivity index (χ2n) is 14.9. The number of nitrogens with two attached hydrogens (primary N) is 4. The van der Waals surface area contributed by atoms with E-state index in [1.54, 1.807) is 19.1 Å². The predicted molar refractivity (Wildman–Crippen MR) is 277 cm³/mol. The monoisotopic (exact) mass is 1110 g/mol. The van der Waals surface area contributed by atoms with E-state index in [0.717, 1.165) is 6.07 Å². The summed E-state index contributed by atoms with van der Waals surface area (Å²) in [7, 11) is -11.6. The van der Waals surface area contributed by atoms with Crippen molar-refractivity contribution in [1.82, 2.24) is 29.1 Å². The SMILES string of the molecule is CC[C@H](C)NS(=O)(=O)c1ccc2c(Cl)cnc(Cl)c2c1.CC[C@H](C)NS(=O)(=O)c1ccc2c(Cl)cnc(N=C(N)N)c2c1.NC(N)=Nc1ncc(Cl)c2ccc(S(=O)(=O)N[C@H](CC(=O)O)C(=O)O)cc12.[2HH].[2HH].[2HH]. The Balaban J connectivity index is 0.000000542. The molecule has 0 unspecified atom stereocenters. The standard InChI is InChI=1S/C14H14ClN5O6S.C14H18ClN5O2S.C13H14Cl2N2O2S.3H2/c15-9-5-18-12(19-14(16)17)8-3-6(1-2-7(8)9)27(25,26)20-10(13(23)24)4-11(21)22;1-3-8(2)20-23(21,22)9-4-5-10-11(6-9)13(19-14(16)17)18-7-12(10)15;1-3-8(2)17-20(18,19)9-4-5-10-11(6-9)13(15)16-7-12(10)14;;;/h1-3,5,10,20H,4H2,(H,21,22)(H,23,24)(H4,16,17,18,19);4-8,20H,3H2,1-2H3,(H4,16,17,18,19);4-8,17H,3H2,1-2H3;3*1H/t10-;2*8-;;;/m100.../s1/i;;;3*1+1. The zero-order valence-corrected chi connectivity index (χ0v) is 42.7. The topological polar surface area (TPSA) is 381 Å². The summed E-state index contributed by atoms with van der Waals surface area (Å²) in [4.78, 5) is 41.4. The summed E-state index contributed by atoms with van der Waals surface area (Å²) in [6.07, 6.45) is 4.59. The van der Waals surface area contributed by atoms with E-state index in [4.69, 9.17) is 79.6 Å². The van der Waals surface area contributed by atoms with Crippen LogP contribution in [-0.4, -0.2) is 92.4 Å². The fourth-order valence-corrected chi connectivity index (χ4v) is 10.6. The molecule has 3 aromatic heterocycles. The Kier molecular flexibility index (Phi) is 19.4. The third-order valence-electron chi connectivity index (χ3n) is 9.65. The molecule has 0 aliphatic heterocycles. The van der Waals surface area contributed by atoms with Crippen molar-refractivity contribution < 1.29 is 49.3 Å². The minimum Gasteiger partial charge on any atom is -0.481 e. The number of aliphatic imine (C=N–C) groups is 2. The first kappa shape index (κ1) is 56.8. The van der Waals surface area contributed by atoms with Crippen molar-refractivity contribution in [2.45, 2.75) is 79.8 Å². The quantitative estimate of drug-likeness (QED) is 0.0295. The normalized spacial score (nSPS) is 13.0. The molecule has 0 spiro atoms. The third kappa shape index (κ3) is 14.9. The summed E-state index contributed by atoms with van der Waals surface area (Å²) in [6.45, 7) is 7.41. The van der Waals surface area contributed by atoms with Crippen molar-refractivity contribution in [1.29, 1.82) is 0 Å². The lowest BCUT2D eigenvalue weighted by atomic mass is 10.1. The number of hydrogen-bond donors (Lipinski definition) is 9. The molecular weight excluding hydrogens is 1060 g/mol. The largest absolute Gasteiger partial charge is 0.481 e. The van der Waals surface area contributed by atoms with Gasteiger partial charge in [-0.05, 0) is 63.1 Å². The van der Waals surface area contributed by atoms with Gasteiger partial charge in [0.1, 0.15) is 11.2 Å². The van der Waals surface area contributed by atoms with Gasteiger partial charge in [0.05, 0.1) is 36.2 Å². The molecule has 0 amide bonds. The maximum Gasteiger partial charge on any atom is 0.322 e. The van der Waals surface area contributed by atoms with Crippen LogP contribution in [0.25, 0.3) is 32.3 Å². The van der Waals surface area contributed by atoms with Gasteiger partial charge in [-0.15, -0.1) is 0 Å². The van der Waals surface area contributed by atoms with Crippen LogP contribution in [0.2, 0.25) is 20.2 Å². The molecule has 70 heavy (non-hydrogen) atoms. The van der Waals surface area contributed by atoms with E-state index in [1.807, 2.05) is 25.5 Å². The van der Waals surface area contributed by atoms with Gasteiger partial charge in [0.15, 0.2) is 23.6 Å². The van der Waals surface area contributed by atoms with Crippen molar-refractivity contribution in [3.05, 3.63) is 93.4 Å². The van der Waals surface area contributed by atoms with E-state index in [1.165, 1.54) is 55.0 Å². The molecule has 13 N–H and O–H groups in total. The smallest absolute Gasteiger partial charge is 0.322 e. The van der Waals surface area contributed by atoms with Crippen LogP contribution in [0.15, 0.2) is 97.9 Å². The lowest BCUT2D eigenvalue weighted by Gasteiger charge is -2.14. The van der Waals surface area contributed by atoms with Crippen LogP contribution in [0.4, 0.5) is 11.6 Å². The van der Waals surface area contributed by atoms with E-state index >= 15 is 0 Å². The number of nitrogens with zero attached hydrogens (tertiary/aromatic N) is 5. The van der Waals surface area contributed by atoms with Gasteiger partial charge in [0.25, 0.3) is 0 Å². The van der Waals surface area contributed by atoms with Crippen molar-refractivity contribution in [2.24, 2.45) is 32.9 Å². The molecule has 3 atom stereocenters. The van der Waals surface area contributed by atoms with Crippen LogP contribution in [0, 0.1) is 0 Å². The summed E-state index contributed by atoms with van der Waals surface area (Å²) in [5.41, 5.74) is 21.4. The number of hydrogen-bond acceptors (Lipinski definition) is 13. The molecule has 0 saturated heterocycles. The fourth-order valence-electron chi connectivity index (χ4n) is 5.87. The Morgan fingerprint density at radius 1 is 0.586 bits per heavy atom. The Morgan fingerprint density at radius 2 is 0.929 bits per heavy atom. The van der Waals surface area contributed by atoms with Gasteiger partial charge in [0.2, 0.25) is 30.1 Å². The van der Waals surface area contributed by atoms with Crippen LogP contribution in [0.1, 0.15) is 51.2 Å². The van der Waals surface area contributed by atoms with E-state index in [0.29, 0.717) is 49.8 Å². The second-order valence-corrected chi connectivity index (χ2v) is 21.6. The van der Waals surface area contributed by atoms with Gasteiger partial charge in [0, 0.05) is 67.3 Å². The van der Waals surface area contributed by atoms with Gasteiger partial charge in [-0.2, -0.15) is 14.7 Å². The van der Waals surface area contributed by atoms with Crippen LogP contribution in [0.5, 0.6) is 0 Å². The van der Waals surface area contributed by atoms with Crippen molar-refractivity contribution in [3.8, 4) is 0 Å². The first-order valence-electron chi connectivity index (χ1n) is 20.2. The highest BCUT2D eigenvalue weighted by Gasteiger charge is 2.28. The third-order valence-corrected chi connectivity index (χ3v) is 15.5. The number of nitrogens with one attached hydrogen (secondary N) is 3. The Hall–Kier alpha value is -5.74. The molecule has 29 heteroatoms. The number of fused-ring (bicyclic) bond motifs is 3. The minimum absolute atomic E-state index is 0. The highest BCUT2D eigenvalue weighted by Crippen LogP contribution is 2.34. The molecule has 6 rings (SSSR count). The number of pyridine rings is 3. The number of carbonyl (C=O) groups is 2. The molecule has 0 aliphatic rings. The van der Waals surface area contributed by atoms with E-state index in [9.17, 15) is 34.8 Å². The molecule has 3 heterocycles. The first-order chi connectivity index (χ1) is 32.6. The summed E-state index contributed by atoms with van der Waals surface area (Å²) in [5, 5.41) is 21.9. The number of guanidine groups is 2. The van der Waals surface area contributed by atoms with Crippen LogP contribution < -0.4 is 37.1 Å². The summed E-state index contributed by atoms with van der Waals surface area (Å²) >= 11 is 24.1. The molecule has 0 saturated carbocycles. The zero-order valence-electron chi connectivity index (χ0n) is 37.2. The van der Waals surface area contributed by atoms with E-state index < -0.39 is 54.5 Å². The fraction of sp³-hybridized carbons (Fsp3) is 0.244. The molecule has 0 radical (unpaired) electrons. The number of benzene rings is 3. The van der Waals surface area contributed by atoms with E-state index in [-0.39, 0.29) is 70.2 Å². The Labute approximate surface area is 426 Å². The van der Waals surface area contributed by atoms with Gasteiger partial charge >= 0.3 is 11.9 Å². The van der Waals surface area contributed by atoms with E-state index in [2.05, 4.69) is 34.4 Å². The predicted octanol–water partition coefficient (Wildman–Crippen LogP) is 6.23. The molecule has 0 fully saturated rings. The molecule has 3 aromatic carbocycles. The summed E-state index contributed by atoms with van der Waals surface area (Å²) in [5.74, 6) is -3.38. The van der Waals surface area contributed by atoms with Crippen molar-refractivity contribution >= 4 is 144 Å². The van der Waals surface area contributed by atoms with Crippen LogP contribution >= 0.6 is 46.4 Å². The van der Waals surface area contributed by atoms with Crippen LogP contribution in [0.3, 0.4) is 0 Å². The molecule has 22 nitrogen and oxygen atoms in total. The summed E-state index contributed by atoms with van der Waals surface area (Å²) < 4.78 is 81.3. The average molecular weight is 1110 g/mol. The van der Waals surface area contributed by atoms with Crippen molar-refractivity contribution in [2.75, 3.05) is 0 Å². The molecular formula is C41H52Cl4N12O10S3. The molecule has 0 aliphatic carbocycles. The van der Waals surface area contributed by atoms with Gasteiger partial charge < -0.3 is 33.1 Å². The lowest BCUT2D eigenvalue weighted by molar-refractivity contribution is -0.145. The van der Waals surface area contributed by atoms with Gasteiger partial charge in [-0.3, -0.25) is 9.59 Å². The van der Waals surface area contributed by atoms with Crippen molar-refractivity contribution in [3.63, 3.8) is 0 Å². The van der Waals surface area contributed by atoms with Crippen LogP contribution in [-0.2, 0) is 39.7 Å². The number of aliphatic carboxylic acids is 2. The number of aromatic nitrogens is 3. The molecule has 382 valence electrons. The Bertz CT molecular complexity index is 3380. The maximum atomic E-state index is 12.5. The number of rotatable bonds is 16. The second kappa shape index (κ2) is 23.9. The highest BCUT2D eigenvalue weighted by atomic mass is 35.5. The molecule has 0 bridgehead atoms. The average Bonchev–Trinajstić information content (AvgIpc) is 3.28.